The van der Waals surface area contributed by atoms with Crippen LogP contribution in [-0.4, -0.2) is 34.0 Å². The monoisotopic (exact) mass is 376 g/mol. The van der Waals surface area contributed by atoms with Crippen LogP contribution in [0.15, 0.2) is 53.4 Å². The number of benzene rings is 2. The van der Waals surface area contributed by atoms with Crippen LogP contribution in [0.4, 0.5) is 5.69 Å². The minimum atomic E-state index is -3.89. The summed E-state index contributed by atoms with van der Waals surface area (Å²) in [6.45, 7) is 5.22. The minimum absolute atomic E-state index is 0.0812. The second-order valence-corrected chi connectivity index (χ2v) is 8.11. The molecule has 2 rings (SSSR count). The van der Waals surface area contributed by atoms with Crippen molar-refractivity contribution in [3.63, 3.8) is 0 Å². The Hall–Kier alpha value is -2.54. The van der Waals surface area contributed by atoms with Gasteiger partial charge in [-0.15, -0.1) is 0 Å². The molecule has 0 bridgehead atoms. The van der Waals surface area contributed by atoms with Crippen molar-refractivity contribution in [2.24, 2.45) is 0 Å². The van der Waals surface area contributed by atoms with Crippen molar-refractivity contribution in [3.8, 4) is 5.75 Å². The number of nitrogens with zero attached hydrogens (tertiary/aromatic N) is 1. The lowest BCUT2D eigenvalue weighted by Crippen LogP contribution is -2.42. The molecule has 140 valence electrons. The van der Waals surface area contributed by atoms with E-state index in [4.69, 9.17) is 4.74 Å². The Morgan fingerprint density at radius 2 is 1.65 bits per heavy atom. The number of nitrogens with one attached hydrogen (secondary N) is 1. The quantitative estimate of drug-likeness (QED) is 0.806. The molecule has 0 aliphatic carbocycles. The van der Waals surface area contributed by atoms with Crippen LogP contribution in [0, 0.1) is 6.92 Å². The van der Waals surface area contributed by atoms with Crippen molar-refractivity contribution in [2.75, 3.05) is 18.0 Å². The van der Waals surface area contributed by atoms with Crippen molar-refractivity contribution in [1.29, 1.82) is 0 Å². The zero-order chi connectivity index (χ0) is 19.3. The molecule has 7 heteroatoms. The van der Waals surface area contributed by atoms with E-state index in [1.165, 1.54) is 7.11 Å². The smallest absolute Gasteiger partial charge is 0.264 e. The Balaban J connectivity index is 2.44. The number of ether oxygens (including phenoxy) is 1. The van der Waals surface area contributed by atoms with Gasteiger partial charge in [-0.3, -0.25) is 9.10 Å². The number of aryl methyl sites for hydroxylation is 1. The molecule has 0 fully saturated rings. The van der Waals surface area contributed by atoms with E-state index in [0.29, 0.717) is 11.4 Å². The number of carbonyl (C=O) groups is 1. The third kappa shape index (κ3) is 4.76. The van der Waals surface area contributed by atoms with Gasteiger partial charge in [0, 0.05) is 6.04 Å². The van der Waals surface area contributed by atoms with Gasteiger partial charge in [-0.2, -0.15) is 0 Å². The molecule has 1 N–H and O–H groups in total. The molecule has 2 aromatic rings. The van der Waals surface area contributed by atoms with E-state index in [-0.39, 0.29) is 23.4 Å². The zero-order valence-corrected chi connectivity index (χ0v) is 16.2. The lowest BCUT2D eigenvalue weighted by atomic mass is 10.2. The lowest BCUT2D eigenvalue weighted by Gasteiger charge is -2.25. The second kappa shape index (κ2) is 8.23. The van der Waals surface area contributed by atoms with E-state index in [2.05, 4.69) is 5.32 Å². The molecule has 0 saturated carbocycles. The number of amides is 1. The van der Waals surface area contributed by atoms with E-state index < -0.39 is 10.0 Å². The molecule has 0 spiro atoms. The van der Waals surface area contributed by atoms with Crippen molar-refractivity contribution in [2.45, 2.75) is 31.7 Å². The van der Waals surface area contributed by atoms with Crippen molar-refractivity contribution < 1.29 is 17.9 Å². The maximum absolute atomic E-state index is 13.1. The molecule has 2 aromatic carbocycles. The molecule has 0 aromatic heterocycles. The van der Waals surface area contributed by atoms with Crippen LogP contribution in [0.3, 0.4) is 0 Å². The molecule has 0 aliphatic rings. The number of sulfonamides is 1. The maximum atomic E-state index is 13.1. The van der Waals surface area contributed by atoms with Gasteiger partial charge in [0.2, 0.25) is 5.91 Å². The fourth-order valence-electron chi connectivity index (χ4n) is 2.40. The van der Waals surface area contributed by atoms with Gasteiger partial charge in [0.05, 0.1) is 17.7 Å². The molecule has 0 heterocycles. The summed E-state index contributed by atoms with van der Waals surface area (Å²) in [6.07, 6.45) is 0. The summed E-state index contributed by atoms with van der Waals surface area (Å²) in [7, 11) is -2.36. The van der Waals surface area contributed by atoms with Crippen LogP contribution in [0.25, 0.3) is 0 Å². The highest BCUT2D eigenvalue weighted by Crippen LogP contribution is 2.25. The Kier molecular flexibility index (Phi) is 6.26. The summed E-state index contributed by atoms with van der Waals surface area (Å²) in [5.41, 5.74) is 1.35. The van der Waals surface area contributed by atoms with E-state index >= 15 is 0 Å². The van der Waals surface area contributed by atoms with E-state index in [9.17, 15) is 13.2 Å². The lowest BCUT2D eigenvalue weighted by molar-refractivity contribution is -0.120. The normalized spacial score (nSPS) is 11.3. The summed E-state index contributed by atoms with van der Waals surface area (Å²) in [4.78, 5) is 12.4. The molecule has 0 saturated heterocycles. The summed E-state index contributed by atoms with van der Waals surface area (Å²) < 4.78 is 32.5. The van der Waals surface area contributed by atoms with Crippen LogP contribution in [0.1, 0.15) is 19.4 Å². The zero-order valence-electron chi connectivity index (χ0n) is 15.4. The van der Waals surface area contributed by atoms with Crippen LogP contribution >= 0.6 is 0 Å². The highest BCUT2D eigenvalue weighted by Gasteiger charge is 2.27. The van der Waals surface area contributed by atoms with Gasteiger partial charge < -0.3 is 10.1 Å². The first-order chi connectivity index (χ1) is 12.2. The molecular weight excluding hydrogens is 352 g/mol. The topological polar surface area (TPSA) is 75.7 Å². The minimum Gasteiger partial charge on any atom is -0.497 e. The van der Waals surface area contributed by atoms with Gasteiger partial charge in [-0.1, -0.05) is 17.7 Å². The number of methoxy groups -OCH3 is 1. The Morgan fingerprint density at radius 1 is 1.08 bits per heavy atom. The third-order valence-electron chi connectivity index (χ3n) is 3.71. The van der Waals surface area contributed by atoms with Crippen LogP contribution < -0.4 is 14.4 Å². The summed E-state index contributed by atoms with van der Waals surface area (Å²) in [6, 6.07) is 13.0. The number of hydrogen-bond donors (Lipinski definition) is 1. The van der Waals surface area contributed by atoms with Crippen LogP contribution in [-0.2, 0) is 14.8 Å². The van der Waals surface area contributed by atoms with Gasteiger partial charge in [0.25, 0.3) is 10.0 Å². The molecular formula is C19H24N2O4S. The summed E-state index contributed by atoms with van der Waals surface area (Å²) in [5, 5.41) is 2.73. The van der Waals surface area contributed by atoms with E-state index in [1.807, 2.05) is 20.8 Å². The largest absolute Gasteiger partial charge is 0.497 e. The van der Waals surface area contributed by atoms with Crippen molar-refractivity contribution in [3.05, 3.63) is 54.1 Å². The molecule has 0 atom stereocenters. The highest BCUT2D eigenvalue weighted by molar-refractivity contribution is 7.92. The van der Waals surface area contributed by atoms with E-state index in [0.717, 1.165) is 9.87 Å². The predicted octanol–water partition coefficient (Wildman–Crippen LogP) is 2.72. The van der Waals surface area contributed by atoms with Gasteiger partial charge in [-0.05, 0) is 57.2 Å². The molecule has 6 nitrogen and oxygen atoms in total. The average Bonchev–Trinajstić information content (AvgIpc) is 2.59. The van der Waals surface area contributed by atoms with Crippen LogP contribution in [0.5, 0.6) is 5.75 Å². The van der Waals surface area contributed by atoms with E-state index in [1.54, 1.807) is 48.5 Å². The third-order valence-corrected chi connectivity index (χ3v) is 5.49. The number of carbonyl (C=O) groups excluding carboxylic acids is 1. The van der Waals surface area contributed by atoms with Gasteiger partial charge >= 0.3 is 0 Å². The maximum Gasteiger partial charge on any atom is 0.264 e. The average molecular weight is 376 g/mol. The van der Waals surface area contributed by atoms with Crippen LogP contribution in [0.2, 0.25) is 0 Å². The molecule has 0 aliphatic heterocycles. The first kappa shape index (κ1) is 19.8. The second-order valence-electron chi connectivity index (χ2n) is 6.24. The van der Waals surface area contributed by atoms with Gasteiger partial charge in [0.1, 0.15) is 12.3 Å². The number of rotatable bonds is 7. The first-order valence-corrected chi connectivity index (χ1v) is 9.71. The highest BCUT2D eigenvalue weighted by atomic mass is 32.2. The SMILES string of the molecule is COc1ccc(N(CC(=O)NC(C)C)S(=O)(=O)c2ccc(C)cc2)cc1. The molecule has 0 unspecified atom stereocenters. The number of anilines is 1. The first-order valence-electron chi connectivity index (χ1n) is 8.27. The Morgan fingerprint density at radius 3 is 2.15 bits per heavy atom. The standard InChI is InChI=1S/C19H24N2O4S/c1-14(2)20-19(22)13-21(16-7-9-17(25-4)10-8-16)26(23,24)18-11-5-15(3)6-12-18/h5-12,14H,13H2,1-4H3,(H,20,22). The predicted molar refractivity (Wildman–Crippen MR) is 102 cm³/mol. The van der Waals surface area contributed by atoms with Crippen molar-refractivity contribution >= 4 is 21.6 Å². The Bertz CT molecular complexity index is 844. The fraction of sp³-hybridized carbons (Fsp3) is 0.316. The van der Waals surface area contributed by atoms with Crippen molar-refractivity contribution in [1.82, 2.24) is 5.32 Å². The molecule has 26 heavy (non-hydrogen) atoms. The van der Waals surface area contributed by atoms with Gasteiger partial charge in [0.15, 0.2) is 0 Å². The summed E-state index contributed by atoms with van der Waals surface area (Å²) >= 11 is 0. The summed E-state index contributed by atoms with van der Waals surface area (Å²) in [5.74, 6) is 0.236. The molecule has 1 amide bonds. The van der Waals surface area contributed by atoms with Gasteiger partial charge in [-0.25, -0.2) is 8.42 Å². The number of hydrogen-bond acceptors (Lipinski definition) is 4. The molecule has 0 radical (unpaired) electrons. The Labute approximate surface area is 154 Å². The fourth-order valence-corrected chi connectivity index (χ4v) is 3.82.